The molecule has 2 heterocycles. The Balaban J connectivity index is 1.44. The SMILES string of the molecule is COc1cc2nccc(Oc3ccc(-c4cc(N5CCCCC5)ccc4C=O)cc3)c2cc1OC. The van der Waals surface area contributed by atoms with Crippen molar-refractivity contribution in [1.82, 2.24) is 4.98 Å². The Labute approximate surface area is 205 Å². The van der Waals surface area contributed by atoms with E-state index in [1.54, 1.807) is 20.4 Å². The molecule has 0 atom stereocenters. The molecular formula is C29H28N2O4. The van der Waals surface area contributed by atoms with Crippen LogP contribution < -0.4 is 19.1 Å². The summed E-state index contributed by atoms with van der Waals surface area (Å²) in [6.07, 6.45) is 6.33. The Morgan fingerprint density at radius 3 is 2.29 bits per heavy atom. The number of fused-ring (bicyclic) bond motifs is 1. The number of rotatable bonds is 7. The summed E-state index contributed by atoms with van der Waals surface area (Å²) in [4.78, 5) is 18.6. The van der Waals surface area contributed by atoms with Crippen molar-refractivity contribution in [2.45, 2.75) is 19.3 Å². The van der Waals surface area contributed by atoms with Crippen LogP contribution in [-0.2, 0) is 0 Å². The highest BCUT2D eigenvalue weighted by Crippen LogP contribution is 2.37. The fourth-order valence-corrected chi connectivity index (χ4v) is 4.61. The summed E-state index contributed by atoms with van der Waals surface area (Å²) in [5.41, 5.74) is 4.51. The molecule has 0 aliphatic carbocycles. The second kappa shape index (κ2) is 10.1. The van der Waals surface area contributed by atoms with Crippen LogP contribution in [0.15, 0.2) is 66.9 Å². The van der Waals surface area contributed by atoms with Gasteiger partial charge < -0.3 is 19.1 Å². The third kappa shape index (κ3) is 4.64. The Morgan fingerprint density at radius 1 is 0.829 bits per heavy atom. The van der Waals surface area contributed by atoms with Crippen LogP contribution in [0.5, 0.6) is 23.0 Å². The van der Waals surface area contributed by atoms with E-state index < -0.39 is 0 Å². The van der Waals surface area contributed by atoms with Gasteiger partial charge in [-0.05, 0) is 72.9 Å². The van der Waals surface area contributed by atoms with Crippen molar-refractivity contribution >= 4 is 22.9 Å². The van der Waals surface area contributed by atoms with Crippen LogP contribution in [-0.4, -0.2) is 38.6 Å². The van der Waals surface area contributed by atoms with E-state index in [-0.39, 0.29) is 0 Å². The molecule has 1 aliphatic rings. The van der Waals surface area contributed by atoms with E-state index in [0.29, 0.717) is 28.6 Å². The average Bonchev–Trinajstić information content (AvgIpc) is 2.93. The Kier molecular flexibility index (Phi) is 6.53. The maximum atomic E-state index is 11.8. The molecule has 1 fully saturated rings. The number of ether oxygens (including phenoxy) is 3. The molecule has 6 heteroatoms. The monoisotopic (exact) mass is 468 g/mol. The first kappa shape index (κ1) is 22.7. The van der Waals surface area contributed by atoms with Crippen molar-refractivity contribution in [1.29, 1.82) is 0 Å². The molecule has 0 radical (unpaired) electrons. The number of methoxy groups -OCH3 is 2. The van der Waals surface area contributed by atoms with Crippen molar-refractivity contribution in [3.05, 3.63) is 72.4 Å². The van der Waals surface area contributed by atoms with Gasteiger partial charge in [-0.3, -0.25) is 9.78 Å². The second-order valence-corrected chi connectivity index (χ2v) is 8.60. The van der Waals surface area contributed by atoms with E-state index in [2.05, 4.69) is 16.0 Å². The van der Waals surface area contributed by atoms with Gasteiger partial charge in [0.15, 0.2) is 17.8 Å². The van der Waals surface area contributed by atoms with Crippen LogP contribution in [0.3, 0.4) is 0 Å². The van der Waals surface area contributed by atoms with Gasteiger partial charge in [0.25, 0.3) is 0 Å². The zero-order valence-electron chi connectivity index (χ0n) is 20.0. The second-order valence-electron chi connectivity index (χ2n) is 8.60. The third-order valence-electron chi connectivity index (χ3n) is 6.49. The number of benzene rings is 3. The number of anilines is 1. The van der Waals surface area contributed by atoms with Gasteiger partial charge in [0.1, 0.15) is 11.5 Å². The molecule has 0 unspecified atom stereocenters. The van der Waals surface area contributed by atoms with Gasteiger partial charge in [0.2, 0.25) is 0 Å². The molecule has 1 aromatic heterocycles. The van der Waals surface area contributed by atoms with Crippen molar-refractivity contribution in [2.24, 2.45) is 0 Å². The van der Waals surface area contributed by atoms with Gasteiger partial charge >= 0.3 is 0 Å². The number of carbonyl (C=O) groups is 1. The fourth-order valence-electron chi connectivity index (χ4n) is 4.61. The summed E-state index contributed by atoms with van der Waals surface area (Å²) in [7, 11) is 3.21. The minimum Gasteiger partial charge on any atom is -0.493 e. The summed E-state index contributed by atoms with van der Waals surface area (Å²) in [6.45, 7) is 2.12. The van der Waals surface area contributed by atoms with Gasteiger partial charge in [0.05, 0.1) is 19.7 Å². The van der Waals surface area contributed by atoms with Crippen LogP contribution in [0.25, 0.3) is 22.0 Å². The molecule has 6 nitrogen and oxygen atoms in total. The van der Waals surface area contributed by atoms with E-state index in [9.17, 15) is 4.79 Å². The van der Waals surface area contributed by atoms with Crippen molar-refractivity contribution in [2.75, 3.05) is 32.2 Å². The van der Waals surface area contributed by atoms with Gasteiger partial charge in [-0.15, -0.1) is 0 Å². The zero-order valence-corrected chi connectivity index (χ0v) is 20.0. The highest BCUT2D eigenvalue weighted by Gasteiger charge is 2.15. The summed E-state index contributed by atoms with van der Waals surface area (Å²) in [6, 6.07) is 19.4. The maximum absolute atomic E-state index is 11.8. The van der Waals surface area contributed by atoms with E-state index in [1.807, 2.05) is 54.6 Å². The molecule has 1 aliphatic heterocycles. The average molecular weight is 469 g/mol. The molecule has 0 spiro atoms. The fraction of sp³-hybridized carbons (Fsp3) is 0.241. The number of carbonyl (C=O) groups excluding carboxylic acids is 1. The predicted molar refractivity (Wildman–Crippen MR) is 138 cm³/mol. The van der Waals surface area contributed by atoms with Gasteiger partial charge in [-0.1, -0.05) is 12.1 Å². The van der Waals surface area contributed by atoms with E-state index >= 15 is 0 Å². The number of hydrogen-bond acceptors (Lipinski definition) is 6. The molecule has 178 valence electrons. The van der Waals surface area contributed by atoms with E-state index in [0.717, 1.165) is 41.4 Å². The molecule has 0 amide bonds. The molecule has 0 saturated carbocycles. The largest absolute Gasteiger partial charge is 0.493 e. The topological polar surface area (TPSA) is 60.9 Å². The number of piperidine rings is 1. The Morgan fingerprint density at radius 2 is 1.57 bits per heavy atom. The first-order chi connectivity index (χ1) is 17.2. The number of pyridine rings is 1. The highest BCUT2D eigenvalue weighted by atomic mass is 16.5. The maximum Gasteiger partial charge on any atom is 0.162 e. The molecule has 4 aromatic rings. The van der Waals surface area contributed by atoms with Gasteiger partial charge in [0, 0.05) is 42.0 Å². The van der Waals surface area contributed by atoms with Crippen molar-refractivity contribution in [3.63, 3.8) is 0 Å². The molecule has 5 rings (SSSR count). The summed E-state index contributed by atoms with van der Waals surface area (Å²) < 4.78 is 17.1. The molecule has 0 N–H and O–H groups in total. The van der Waals surface area contributed by atoms with E-state index in [1.165, 1.54) is 24.9 Å². The molecule has 1 saturated heterocycles. The first-order valence-electron chi connectivity index (χ1n) is 11.8. The Hall–Kier alpha value is -4.06. The highest BCUT2D eigenvalue weighted by molar-refractivity contribution is 5.90. The Bertz CT molecular complexity index is 1350. The van der Waals surface area contributed by atoms with Crippen LogP contribution >= 0.6 is 0 Å². The van der Waals surface area contributed by atoms with Crippen LogP contribution in [0.4, 0.5) is 5.69 Å². The standard InChI is InChI=1S/C29H28N2O4/c1-33-28-17-25-26(18-29(28)34-2)30-13-12-27(25)35-23-10-7-20(8-11-23)24-16-22(9-6-21(24)19-32)31-14-4-3-5-15-31/h6-13,16-19H,3-5,14-15H2,1-2H3. The predicted octanol–water partition coefficient (Wildman–Crippen LogP) is 6.51. The number of hydrogen-bond donors (Lipinski definition) is 0. The lowest BCUT2D eigenvalue weighted by atomic mass is 9.98. The first-order valence-corrected chi connectivity index (χ1v) is 11.8. The third-order valence-corrected chi connectivity index (χ3v) is 6.49. The van der Waals surface area contributed by atoms with E-state index in [4.69, 9.17) is 14.2 Å². The van der Waals surface area contributed by atoms with Crippen LogP contribution in [0, 0.1) is 0 Å². The van der Waals surface area contributed by atoms with Crippen LogP contribution in [0.2, 0.25) is 0 Å². The number of aromatic nitrogens is 1. The molecular weight excluding hydrogens is 440 g/mol. The lowest BCUT2D eigenvalue weighted by Gasteiger charge is -2.29. The lowest BCUT2D eigenvalue weighted by Crippen LogP contribution is -2.29. The van der Waals surface area contributed by atoms with Crippen LogP contribution in [0.1, 0.15) is 29.6 Å². The number of aldehydes is 1. The molecule has 0 bridgehead atoms. The smallest absolute Gasteiger partial charge is 0.162 e. The van der Waals surface area contributed by atoms with Crippen molar-refractivity contribution in [3.8, 4) is 34.1 Å². The quantitative estimate of drug-likeness (QED) is 0.288. The minimum absolute atomic E-state index is 0.614. The summed E-state index contributed by atoms with van der Waals surface area (Å²) >= 11 is 0. The van der Waals surface area contributed by atoms with Crippen molar-refractivity contribution < 1.29 is 19.0 Å². The molecule has 3 aromatic carbocycles. The zero-order chi connectivity index (χ0) is 24.2. The molecule has 35 heavy (non-hydrogen) atoms. The minimum atomic E-state index is 0.614. The van der Waals surface area contributed by atoms with Gasteiger partial charge in [-0.2, -0.15) is 0 Å². The number of nitrogens with zero attached hydrogens (tertiary/aromatic N) is 2. The van der Waals surface area contributed by atoms with Gasteiger partial charge in [-0.25, -0.2) is 0 Å². The normalized spacial score (nSPS) is 13.5. The lowest BCUT2D eigenvalue weighted by molar-refractivity contribution is 0.112. The summed E-state index contributed by atoms with van der Waals surface area (Å²) in [5, 5.41) is 0.826. The summed E-state index contributed by atoms with van der Waals surface area (Å²) in [5.74, 6) is 2.59.